The average molecular weight is 212 g/mol. The molecule has 1 fully saturated rings. The Morgan fingerprint density at radius 2 is 2.38 bits per heavy atom. The fraction of sp³-hybridized carbons (Fsp3) is 0.333. The van der Waals surface area contributed by atoms with E-state index in [-0.39, 0.29) is 0 Å². The second-order valence-corrected chi connectivity index (χ2v) is 4.11. The third-order valence-electron chi connectivity index (χ3n) is 3.02. The van der Waals surface area contributed by atoms with Gasteiger partial charge in [0.1, 0.15) is 5.82 Å². The van der Waals surface area contributed by atoms with Crippen molar-refractivity contribution in [1.29, 1.82) is 5.26 Å². The smallest absolute Gasteiger partial charge is 0.124 e. The van der Waals surface area contributed by atoms with Gasteiger partial charge in [-0.25, -0.2) is 4.98 Å². The molecule has 1 aromatic carbocycles. The van der Waals surface area contributed by atoms with Crippen molar-refractivity contribution < 1.29 is 0 Å². The number of benzene rings is 1. The second kappa shape index (κ2) is 3.62. The highest BCUT2D eigenvalue weighted by Crippen LogP contribution is 2.23. The Kier molecular flexibility index (Phi) is 2.12. The highest BCUT2D eigenvalue weighted by atomic mass is 15.0. The largest absolute Gasteiger partial charge is 0.341 e. The molecule has 80 valence electrons. The summed E-state index contributed by atoms with van der Waals surface area (Å²) in [5.74, 6) is 0.989. The number of nitriles is 1. The lowest BCUT2D eigenvalue weighted by atomic mass is 10.2. The van der Waals surface area contributed by atoms with Crippen LogP contribution in [-0.2, 0) is 0 Å². The molecular weight excluding hydrogens is 200 g/mol. The first-order chi connectivity index (χ1) is 7.86. The van der Waals surface area contributed by atoms with Crippen molar-refractivity contribution >= 4 is 11.0 Å². The number of imidazole rings is 1. The molecule has 0 radical (unpaired) electrons. The summed E-state index contributed by atoms with van der Waals surface area (Å²) in [7, 11) is 0. The van der Waals surface area contributed by atoms with Gasteiger partial charge in [-0.15, -0.1) is 0 Å². The van der Waals surface area contributed by atoms with Crippen molar-refractivity contribution in [3.05, 3.63) is 29.6 Å². The quantitative estimate of drug-likeness (QED) is 0.758. The van der Waals surface area contributed by atoms with E-state index in [1.54, 1.807) is 6.07 Å². The highest BCUT2D eigenvalue weighted by Gasteiger charge is 2.19. The Labute approximate surface area is 93.3 Å². The molecule has 4 heteroatoms. The lowest BCUT2D eigenvalue weighted by molar-refractivity contribution is 0.614. The predicted octanol–water partition coefficient (Wildman–Crippen LogP) is 1.86. The van der Waals surface area contributed by atoms with Gasteiger partial charge in [-0.05, 0) is 37.6 Å². The minimum absolute atomic E-state index is 0.345. The lowest BCUT2D eigenvalue weighted by Crippen LogP contribution is -2.13. The number of nitrogens with zero attached hydrogens (tertiary/aromatic N) is 2. The van der Waals surface area contributed by atoms with Crippen LogP contribution in [0.5, 0.6) is 0 Å². The van der Waals surface area contributed by atoms with Crippen LogP contribution in [0.4, 0.5) is 0 Å². The minimum Gasteiger partial charge on any atom is -0.341 e. The number of hydrogen-bond acceptors (Lipinski definition) is 3. The van der Waals surface area contributed by atoms with Crippen LogP contribution in [0.3, 0.4) is 0 Å². The summed E-state index contributed by atoms with van der Waals surface area (Å²) in [6.45, 7) is 1.06. The molecule has 0 aliphatic carbocycles. The van der Waals surface area contributed by atoms with Gasteiger partial charge in [-0.2, -0.15) is 5.26 Å². The van der Waals surface area contributed by atoms with E-state index in [9.17, 15) is 0 Å². The van der Waals surface area contributed by atoms with Gasteiger partial charge in [0.2, 0.25) is 0 Å². The summed E-state index contributed by atoms with van der Waals surface area (Å²) >= 11 is 0. The molecule has 1 saturated heterocycles. The summed E-state index contributed by atoms with van der Waals surface area (Å²) in [5.41, 5.74) is 2.55. The normalized spacial score (nSPS) is 20.1. The summed E-state index contributed by atoms with van der Waals surface area (Å²) in [6.07, 6.45) is 2.33. The second-order valence-electron chi connectivity index (χ2n) is 4.11. The molecule has 3 rings (SSSR count). The van der Waals surface area contributed by atoms with E-state index in [1.165, 1.54) is 6.42 Å². The van der Waals surface area contributed by atoms with Gasteiger partial charge in [-0.3, -0.25) is 0 Å². The highest BCUT2D eigenvalue weighted by molar-refractivity contribution is 5.76. The molecule has 2 aromatic rings. The van der Waals surface area contributed by atoms with E-state index < -0.39 is 0 Å². The lowest BCUT2D eigenvalue weighted by Gasteiger charge is -2.04. The fourth-order valence-corrected chi connectivity index (χ4v) is 2.18. The maximum Gasteiger partial charge on any atom is 0.124 e. The minimum atomic E-state index is 0.345. The maximum atomic E-state index is 8.82. The Bertz CT molecular complexity index is 558. The standard InChI is InChI=1S/C12H12N4/c13-7-8-3-4-9-11(6-8)16-12(15-9)10-2-1-5-14-10/h3-4,6,10,14H,1-2,5H2,(H,15,16). The topological polar surface area (TPSA) is 64.5 Å². The zero-order valence-electron chi connectivity index (χ0n) is 8.83. The Balaban J connectivity index is 2.05. The summed E-state index contributed by atoms with van der Waals surface area (Å²) in [6, 6.07) is 8.02. The first-order valence-corrected chi connectivity index (χ1v) is 5.50. The fourth-order valence-electron chi connectivity index (χ4n) is 2.18. The molecule has 0 bridgehead atoms. The average Bonchev–Trinajstić information content (AvgIpc) is 2.96. The number of hydrogen-bond donors (Lipinski definition) is 2. The van der Waals surface area contributed by atoms with Crippen LogP contribution >= 0.6 is 0 Å². The third-order valence-corrected chi connectivity index (χ3v) is 3.02. The number of H-pyrrole nitrogens is 1. The van der Waals surface area contributed by atoms with Crippen LogP contribution in [0.15, 0.2) is 18.2 Å². The van der Waals surface area contributed by atoms with Crippen LogP contribution < -0.4 is 5.32 Å². The monoisotopic (exact) mass is 212 g/mol. The Hall–Kier alpha value is -1.86. The SMILES string of the molecule is N#Cc1ccc2nc(C3CCCN3)[nH]c2c1. The van der Waals surface area contributed by atoms with Crippen LogP contribution in [0, 0.1) is 11.3 Å². The van der Waals surface area contributed by atoms with E-state index in [0.29, 0.717) is 11.6 Å². The first-order valence-electron chi connectivity index (χ1n) is 5.50. The molecule has 0 saturated carbocycles. The van der Waals surface area contributed by atoms with E-state index in [2.05, 4.69) is 21.4 Å². The summed E-state index contributed by atoms with van der Waals surface area (Å²) in [4.78, 5) is 7.83. The van der Waals surface area contributed by atoms with Crippen molar-refractivity contribution in [3.63, 3.8) is 0 Å². The van der Waals surface area contributed by atoms with E-state index in [4.69, 9.17) is 5.26 Å². The Morgan fingerprint density at radius 1 is 1.44 bits per heavy atom. The number of nitrogens with one attached hydrogen (secondary N) is 2. The van der Waals surface area contributed by atoms with Gasteiger partial charge < -0.3 is 10.3 Å². The van der Waals surface area contributed by atoms with Gasteiger partial charge in [0.25, 0.3) is 0 Å². The molecule has 1 unspecified atom stereocenters. The molecule has 4 nitrogen and oxygen atoms in total. The summed E-state index contributed by atoms with van der Waals surface area (Å²) in [5, 5.41) is 12.2. The number of aromatic amines is 1. The molecule has 1 atom stereocenters. The van der Waals surface area contributed by atoms with Crippen LogP contribution in [-0.4, -0.2) is 16.5 Å². The number of rotatable bonds is 1. The van der Waals surface area contributed by atoms with Crippen molar-refractivity contribution in [2.75, 3.05) is 6.54 Å². The molecule has 2 N–H and O–H groups in total. The molecule has 1 aliphatic rings. The maximum absolute atomic E-state index is 8.82. The predicted molar refractivity (Wildman–Crippen MR) is 60.8 cm³/mol. The first kappa shape index (κ1) is 9.37. The molecule has 0 spiro atoms. The van der Waals surface area contributed by atoms with E-state index in [0.717, 1.165) is 29.8 Å². The van der Waals surface area contributed by atoms with Gasteiger partial charge in [0, 0.05) is 0 Å². The number of aromatic nitrogens is 2. The van der Waals surface area contributed by atoms with E-state index >= 15 is 0 Å². The molecule has 2 heterocycles. The number of fused-ring (bicyclic) bond motifs is 1. The van der Waals surface area contributed by atoms with Crippen LogP contribution in [0.2, 0.25) is 0 Å². The van der Waals surface area contributed by atoms with Crippen molar-refractivity contribution in [2.45, 2.75) is 18.9 Å². The van der Waals surface area contributed by atoms with Crippen molar-refractivity contribution in [3.8, 4) is 6.07 Å². The molecule has 1 aromatic heterocycles. The van der Waals surface area contributed by atoms with E-state index in [1.807, 2.05) is 12.1 Å². The molecular formula is C12H12N4. The van der Waals surface area contributed by atoms with Gasteiger partial charge in [0.15, 0.2) is 0 Å². The Morgan fingerprint density at radius 3 is 3.12 bits per heavy atom. The molecule has 1 aliphatic heterocycles. The van der Waals surface area contributed by atoms with Crippen molar-refractivity contribution in [1.82, 2.24) is 15.3 Å². The zero-order valence-corrected chi connectivity index (χ0v) is 8.83. The van der Waals surface area contributed by atoms with Crippen LogP contribution in [0.1, 0.15) is 30.3 Å². The zero-order chi connectivity index (χ0) is 11.0. The van der Waals surface area contributed by atoms with Crippen molar-refractivity contribution in [2.24, 2.45) is 0 Å². The van der Waals surface area contributed by atoms with Gasteiger partial charge in [-0.1, -0.05) is 0 Å². The van der Waals surface area contributed by atoms with Gasteiger partial charge in [0.05, 0.1) is 28.7 Å². The van der Waals surface area contributed by atoms with Gasteiger partial charge >= 0.3 is 0 Å². The summed E-state index contributed by atoms with van der Waals surface area (Å²) < 4.78 is 0. The molecule has 16 heavy (non-hydrogen) atoms. The third kappa shape index (κ3) is 1.46. The molecule has 0 amide bonds. The van der Waals surface area contributed by atoms with Crippen LogP contribution in [0.25, 0.3) is 11.0 Å².